The van der Waals surface area contributed by atoms with Crippen molar-refractivity contribution in [2.24, 2.45) is 0 Å². The van der Waals surface area contributed by atoms with E-state index in [4.69, 9.17) is 13.9 Å². The normalized spacial score (nSPS) is 16.3. The lowest BCUT2D eigenvalue weighted by Crippen LogP contribution is -2.50. The van der Waals surface area contributed by atoms with Gasteiger partial charge in [0.25, 0.3) is 0 Å². The Morgan fingerprint density at radius 1 is 0.943 bits per heavy atom. The average Bonchev–Trinajstić information content (AvgIpc) is 3.36. The predicted molar refractivity (Wildman–Crippen MR) is 126 cm³/mol. The van der Waals surface area contributed by atoms with E-state index in [-0.39, 0.29) is 30.3 Å². The molecule has 1 saturated heterocycles. The van der Waals surface area contributed by atoms with Crippen LogP contribution < -0.4 is 9.47 Å². The number of carbonyl (C=O) groups excluding carboxylic acids is 1. The second-order valence-electron chi connectivity index (χ2n) is 8.46. The fraction of sp³-hybridized carbons (Fsp3) is 0.375. The summed E-state index contributed by atoms with van der Waals surface area (Å²) in [4.78, 5) is 14.5. The zero-order chi connectivity index (χ0) is 24.4. The summed E-state index contributed by atoms with van der Waals surface area (Å²) in [6, 6.07) is 12.4. The molecule has 0 unspecified atom stereocenters. The minimum Gasteiger partial charge on any atom is -0.486 e. The molecule has 0 aliphatic carbocycles. The number of aryl methyl sites for hydroxylation is 2. The standard InChI is InChI=1S/C24H26N4O6S/c1-17-2-4-18(5-3-17)24-26-25-22(34-24)8-9-23(29)27-10-12-28(13-11-27)35(30,31)19-6-7-20-21(16-19)33-15-14-32-20/h2-7,16H,8-15H2,1H3. The number of hydrogen-bond donors (Lipinski definition) is 0. The summed E-state index contributed by atoms with van der Waals surface area (Å²) < 4.78 is 44.3. The van der Waals surface area contributed by atoms with Crippen molar-refractivity contribution in [3.05, 3.63) is 53.9 Å². The van der Waals surface area contributed by atoms with Crippen molar-refractivity contribution in [2.75, 3.05) is 39.4 Å². The monoisotopic (exact) mass is 498 g/mol. The Morgan fingerprint density at radius 3 is 2.40 bits per heavy atom. The number of fused-ring (bicyclic) bond motifs is 1. The largest absolute Gasteiger partial charge is 0.486 e. The molecule has 10 nitrogen and oxygen atoms in total. The molecule has 5 rings (SSSR count). The number of hydrogen-bond acceptors (Lipinski definition) is 8. The summed E-state index contributed by atoms with van der Waals surface area (Å²) in [6.07, 6.45) is 0.540. The average molecular weight is 499 g/mol. The first-order valence-electron chi connectivity index (χ1n) is 11.5. The summed E-state index contributed by atoms with van der Waals surface area (Å²) >= 11 is 0. The van der Waals surface area contributed by atoms with E-state index in [1.54, 1.807) is 11.0 Å². The highest BCUT2D eigenvalue weighted by Crippen LogP contribution is 2.33. The summed E-state index contributed by atoms with van der Waals surface area (Å²) in [5, 5.41) is 8.11. The van der Waals surface area contributed by atoms with Crippen molar-refractivity contribution in [1.29, 1.82) is 0 Å². The SMILES string of the molecule is Cc1ccc(-c2nnc(CCC(=O)N3CCN(S(=O)(=O)c4ccc5c(c4)OCCO5)CC3)o2)cc1. The van der Waals surface area contributed by atoms with Gasteiger partial charge in [0.15, 0.2) is 11.5 Å². The van der Waals surface area contributed by atoms with E-state index in [0.29, 0.717) is 56.0 Å². The van der Waals surface area contributed by atoms with Gasteiger partial charge in [-0.3, -0.25) is 4.79 Å². The predicted octanol–water partition coefficient (Wildman–Crippen LogP) is 2.28. The molecule has 184 valence electrons. The van der Waals surface area contributed by atoms with Gasteiger partial charge in [-0.2, -0.15) is 4.31 Å². The van der Waals surface area contributed by atoms with E-state index >= 15 is 0 Å². The Bertz CT molecular complexity index is 1310. The van der Waals surface area contributed by atoms with Gasteiger partial charge in [-0.25, -0.2) is 8.42 Å². The number of sulfonamides is 1. The van der Waals surface area contributed by atoms with Gasteiger partial charge < -0.3 is 18.8 Å². The quantitative estimate of drug-likeness (QED) is 0.508. The van der Waals surface area contributed by atoms with E-state index in [1.807, 2.05) is 31.2 Å². The molecular weight excluding hydrogens is 472 g/mol. The summed E-state index contributed by atoms with van der Waals surface area (Å²) in [5.74, 6) is 1.71. The fourth-order valence-electron chi connectivity index (χ4n) is 4.05. The molecule has 1 fully saturated rings. The summed E-state index contributed by atoms with van der Waals surface area (Å²) in [6.45, 7) is 3.91. The van der Waals surface area contributed by atoms with Gasteiger partial charge >= 0.3 is 0 Å². The molecule has 2 aliphatic rings. The van der Waals surface area contributed by atoms with Crippen LogP contribution in [0, 0.1) is 6.92 Å². The highest BCUT2D eigenvalue weighted by atomic mass is 32.2. The first kappa shape index (κ1) is 23.3. The van der Waals surface area contributed by atoms with E-state index in [1.165, 1.54) is 16.4 Å². The molecular formula is C24H26N4O6S. The number of aromatic nitrogens is 2. The van der Waals surface area contributed by atoms with Crippen molar-refractivity contribution >= 4 is 15.9 Å². The van der Waals surface area contributed by atoms with E-state index in [2.05, 4.69) is 10.2 Å². The van der Waals surface area contributed by atoms with Crippen LogP contribution >= 0.6 is 0 Å². The molecule has 0 atom stereocenters. The van der Waals surface area contributed by atoms with Gasteiger partial charge in [-0.15, -0.1) is 10.2 Å². The van der Waals surface area contributed by atoms with E-state index in [9.17, 15) is 13.2 Å². The van der Waals surface area contributed by atoms with E-state index < -0.39 is 10.0 Å². The molecule has 0 bridgehead atoms. The molecule has 35 heavy (non-hydrogen) atoms. The van der Waals surface area contributed by atoms with Gasteiger partial charge in [0.1, 0.15) is 13.2 Å². The van der Waals surface area contributed by atoms with Gasteiger partial charge in [0, 0.05) is 50.7 Å². The second kappa shape index (κ2) is 9.67. The molecule has 0 N–H and O–H groups in total. The zero-order valence-corrected chi connectivity index (χ0v) is 20.2. The van der Waals surface area contributed by atoms with Crippen LogP contribution in [0.5, 0.6) is 11.5 Å². The van der Waals surface area contributed by atoms with Crippen molar-refractivity contribution in [3.8, 4) is 23.0 Å². The minimum absolute atomic E-state index is 0.0727. The van der Waals surface area contributed by atoms with Crippen molar-refractivity contribution < 1.29 is 27.1 Å². The Morgan fingerprint density at radius 2 is 1.66 bits per heavy atom. The van der Waals surface area contributed by atoms with Crippen LogP contribution in [0.3, 0.4) is 0 Å². The molecule has 2 aromatic carbocycles. The van der Waals surface area contributed by atoms with Gasteiger partial charge in [-0.1, -0.05) is 17.7 Å². The molecule has 0 spiro atoms. The molecule has 2 aliphatic heterocycles. The molecule has 1 amide bonds. The summed E-state index contributed by atoms with van der Waals surface area (Å²) in [5.41, 5.74) is 1.97. The maximum absolute atomic E-state index is 13.1. The lowest BCUT2D eigenvalue weighted by molar-refractivity contribution is -0.132. The Labute approximate surface area is 203 Å². The van der Waals surface area contributed by atoms with Crippen LogP contribution in [0.4, 0.5) is 0 Å². The Balaban J connectivity index is 1.15. The van der Waals surface area contributed by atoms with Crippen LogP contribution in [0.25, 0.3) is 11.5 Å². The highest BCUT2D eigenvalue weighted by Gasteiger charge is 2.31. The third-order valence-corrected chi connectivity index (χ3v) is 7.96. The highest BCUT2D eigenvalue weighted by molar-refractivity contribution is 7.89. The lowest BCUT2D eigenvalue weighted by Gasteiger charge is -2.34. The van der Waals surface area contributed by atoms with Gasteiger partial charge in [-0.05, 0) is 31.2 Å². The van der Waals surface area contributed by atoms with Crippen molar-refractivity contribution in [3.63, 3.8) is 0 Å². The number of carbonyl (C=O) groups is 1. The fourth-order valence-corrected chi connectivity index (χ4v) is 5.49. The van der Waals surface area contributed by atoms with Crippen LogP contribution in [-0.4, -0.2) is 73.1 Å². The maximum atomic E-state index is 13.1. The molecule has 11 heteroatoms. The molecule has 0 saturated carbocycles. The van der Waals surface area contributed by atoms with E-state index in [0.717, 1.165) is 11.1 Å². The zero-order valence-electron chi connectivity index (χ0n) is 19.3. The van der Waals surface area contributed by atoms with Gasteiger partial charge in [0.2, 0.25) is 27.7 Å². The number of amides is 1. The van der Waals surface area contributed by atoms with Crippen LogP contribution in [-0.2, 0) is 21.2 Å². The number of nitrogens with zero attached hydrogens (tertiary/aromatic N) is 4. The Kier molecular flexibility index (Phi) is 6.44. The van der Waals surface area contributed by atoms with Crippen molar-refractivity contribution in [1.82, 2.24) is 19.4 Å². The lowest BCUT2D eigenvalue weighted by atomic mass is 10.1. The second-order valence-corrected chi connectivity index (χ2v) is 10.4. The third-order valence-electron chi connectivity index (χ3n) is 6.06. The maximum Gasteiger partial charge on any atom is 0.247 e. The first-order chi connectivity index (χ1) is 16.9. The molecule has 0 radical (unpaired) electrons. The first-order valence-corrected chi connectivity index (χ1v) is 12.9. The van der Waals surface area contributed by atoms with Crippen molar-refractivity contribution in [2.45, 2.75) is 24.7 Å². The third kappa shape index (κ3) is 5.01. The van der Waals surface area contributed by atoms with Crippen LogP contribution in [0.2, 0.25) is 0 Å². The summed E-state index contributed by atoms with van der Waals surface area (Å²) in [7, 11) is -3.70. The molecule has 3 aromatic rings. The minimum atomic E-state index is -3.70. The topological polar surface area (TPSA) is 115 Å². The van der Waals surface area contributed by atoms with Crippen LogP contribution in [0.1, 0.15) is 17.9 Å². The molecule has 3 heterocycles. The van der Waals surface area contributed by atoms with Crippen LogP contribution in [0.15, 0.2) is 51.8 Å². The number of ether oxygens (including phenoxy) is 2. The Hall–Kier alpha value is -3.44. The molecule has 1 aromatic heterocycles. The number of benzene rings is 2. The number of piperazine rings is 1. The van der Waals surface area contributed by atoms with Gasteiger partial charge in [0.05, 0.1) is 4.90 Å². The number of rotatable bonds is 6. The smallest absolute Gasteiger partial charge is 0.247 e.